The van der Waals surface area contributed by atoms with E-state index in [2.05, 4.69) is 15.6 Å². The highest BCUT2D eigenvalue weighted by Gasteiger charge is 2.33. The first-order valence-corrected chi connectivity index (χ1v) is 7.43. The van der Waals surface area contributed by atoms with Crippen LogP contribution in [0, 0.1) is 0 Å². The number of carboxylic acids is 1. The molecule has 9 heteroatoms. The van der Waals surface area contributed by atoms with Gasteiger partial charge in [0.25, 0.3) is 5.91 Å². The molecule has 3 N–H and O–H groups in total. The van der Waals surface area contributed by atoms with Gasteiger partial charge in [-0.05, 0) is 25.0 Å². The lowest BCUT2D eigenvalue weighted by atomic mass is 10.2. The van der Waals surface area contributed by atoms with Crippen LogP contribution in [0.25, 0.3) is 0 Å². The second-order valence-corrected chi connectivity index (χ2v) is 5.26. The van der Waals surface area contributed by atoms with Gasteiger partial charge in [-0.3, -0.25) is 14.4 Å². The van der Waals surface area contributed by atoms with E-state index in [1.165, 1.54) is 30.1 Å². The number of carbonyl (C=O) groups is 4. The average Bonchev–Trinajstić information content (AvgIpc) is 3.08. The Morgan fingerprint density at radius 1 is 1.29 bits per heavy atom. The number of aromatic carboxylic acids is 1. The first-order chi connectivity index (χ1) is 11.4. The van der Waals surface area contributed by atoms with Crippen LogP contribution in [0.5, 0.6) is 0 Å². The van der Waals surface area contributed by atoms with Gasteiger partial charge >= 0.3 is 5.97 Å². The molecule has 1 aliphatic rings. The second kappa shape index (κ2) is 7.53. The zero-order valence-corrected chi connectivity index (χ0v) is 13.1. The maximum atomic E-state index is 12.2. The van der Waals surface area contributed by atoms with Gasteiger partial charge in [-0.1, -0.05) is 6.07 Å². The number of nitrogens with one attached hydrogen (secondary N) is 2. The minimum atomic E-state index is -1.24. The molecule has 2 rings (SSSR count). The van der Waals surface area contributed by atoms with E-state index in [0.717, 1.165) is 6.42 Å². The SMILES string of the molecule is CNC(=O)C1CCCN1C(=O)CNC(=O)c1cccc(C(=O)O)n1. The summed E-state index contributed by atoms with van der Waals surface area (Å²) in [6.45, 7) is 0.171. The highest BCUT2D eigenvalue weighted by atomic mass is 16.4. The van der Waals surface area contributed by atoms with Crippen molar-refractivity contribution in [2.24, 2.45) is 0 Å². The number of pyridine rings is 1. The van der Waals surface area contributed by atoms with E-state index < -0.39 is 17.9 Å². The van der Waals surface area contributed by atoms with Crippen LogP contribution in [0.4, 0.5) is 0 Å². The molecule has 1 aromatic heterocycles. The van der Waals surface area contributed by atoms with Gasteiger partial charge < -0.3 is 20.6 Å². The number of hydrogen-bond acceptors (Lipinski definition) is 5. The fourth-order valence-electron chi connectivity index (χ4n) is 2.53. The van der Waals surface area contributed by atoms with Crippen molar-refractivity contribution in [3.63, 3.8) is 0 Å². The van der Waals surface area contributed by atoms with E-state index in [9.17, 15) is 19.2 Å². The Bertz CT molecular complexity index is 676. The van der Waals surface area contributed by atoms with E-state index in [4.69, 9.17) is 5.11 Å². The Morgan fingerprint density at radius 2 is 2.00 bits per heavy atom. The molecule has 0 bridgehead atoms. The van der Waals surface area contributed by atoms with Crippen molar-refractivity contribution < 1.29 is 24.3 Å². The Kier molecular flexibility index (Phi) is 5.46. The summed E-state index contributed by atoms with van der Waals surface area (Å²) in [6.07, 6.45) is 1.31. The Labute approximate surface area is 138 Å². The van der Waals surface area contributed by atoms with Crippen molar-refractivity contribution in [1.82, 2.24) is 20.5 Å². The molecule has 1 aromatic rings. The Balaban J connectivity index is 1.96. The summed E-state index contributed by atoms with van der Waals surface area (Å²) < 4.78 is 0. The van der Waals surface area contributed by atoms with Crippen LogP contribution in [0.3, 0.4) is 0 Å². The maximum Gasteiger partial charge on any atom is 0.354 e. The molecule has 1 aliphatic heterocycles. The predicted molar refractivity (Wildman–Crippen MR) is 82.3 cm³/mol. The molecule has 1 unspecified atom stereocenters. The molecule has 0 saturated carbocycles. The molecular formula is C15H18N4O5. The van der Waals surface area contributed by atoms with Crippen molar-refractivity contribution in [2.45, 2.75) is 18.9 Å². The van der Waals surface area contributed by atoms with Gasteiger partial charge in [0, 0.05) is 13.6 Å². The molecule has 24 heavy (non-hydrogen) atoms. The van der Waals surface area contributed by atoms with Gasteiger partial charge in [0.05, 0.1) is 6.54 Å². The molecule has 9 nitrogen and oxygen atoms in total. The molecule has 0 aromatic carbocycles. The molecule has 1 fully saturated rings. The van der Waals surface area contributed by atoms with Crippen LogP contribution < -0.4 is 10.6 Å². The molecule has 0 spiro atoms. The number of likely N-dealkylation sites (tertiary alicyclic amines) is 1. The lowest BCUT2D eigenvalue weighted by molar-refractivity contribution is -0.137. The number of nitrogens with zero attached hydrogens (tertiary/aromatic N) is 2. The fourth-order valence-corrected chi connectivity index (χ4v) is 2.53. The summed E-state index contributed by atoms with van der Waals surface area (Å²) in [6, 6.07) is 3.50. The average molecular weight is 334 g/mol. The lowest BCUT2D eigenvalue weighted by Crippen LogP contribution is -2.48. The molecule has 0 radical (unpaired) electrons. The number of likely N-dealkylation sites (N-methyl/N-ethyl adjacent to an activating group) is 1. The van der Waals surface area contributed by atoms with Gasteiger partial charge in [0.2, 0.25) is 11.8 Å². The van der Waals surface area contributed by atoms with Crippen molar-refractivity contribution in [3.8, 4) is 0 Å². The minimum absolute atomic E-state index is 0.0908. The normalized spacial score (nSPS) is 16.5. The highest BCUT2D eigenvalue weighted by molar-refractivity contribution is 5.97. The van der Waals surface area contributed by atoms with Gasteiger partial charge in [0.1, 0.15) is 17.4 Å². The third-order valence-corrected chi connectivity index (χ3v) is 3.72. The predicted octanol–water partition coefficient (Wildman–Crippen LogP) is -0.753. The van der Waals surface area contributed by atoms with Gasteiger partial charge in [-0.15, -0.1) is 0 Å². The highest BCUT2D eigenvalue weighted by Crippen LogP contribution is 2.17. The van der Waals surface area contributed by atoms with Crippen LogP contribution >= 0.6 is 0 Å². The fraction of sp³-hybridized carbons (Fsp3) is 0.400. The number of rotatable bonds is 5. The van der Waals surface area contributed by atoms with Crippen LogP contribution in [0.2, 0.25) is 0 Å². The van der Waals surface area contributed by atoms with Crippen LogP contribution in [-0.4, -0.2) is 64.9 Å². The summed E-state index contributed by atoms with van der Waals surface area (Å²) in [5, 5.41) is 13.8. The van der Waals surface area contributed by atoms with Gasteiger partial charge in [0.15, 0.2) is 0 Å². The lowest BCUT2D eigenvalue weighted by Gasteiger charge is -2.23. The summed E-state index contributed by atoms with van der Waals surface area (Å²) in [5.74, 6) is -2.50. The summed E-state index contributed by atoms with van der Waals surface area (Å²) in [5.41, 5.74) is -0.347. The molecular weight excluding hydrogens is 316 g/mol. The molecule has 0 aliphatic carbocycles. The van der Waals surface area contributed by atoms with Crippen molar-refractivity contribution in [2.75, 3.05) is 20.1 Å². The van der Waals surface area contributed by atoms with Gasteiger partial charge in [-0.2, -0.15) is 0 Å². The summed E-state index contributed by atoms with van der Waals surface area (Å²) in [7, 11) is 1.51. The van der Waals surface area contributed by atoms with E-state index in [1.54, 1.807) is 0 Å². The first-order valence-electron chi connectivity index (χ1n) is 7.43. The standard InChI is InChI=1S/C15H18N4O5/c1-16-14(22)11-6-3-7-19(11)12(20)8-17-13(21)9-4-2-5-10(18-9)15(23)24/h2,4-5,11H,3,6-8H2,1H3,(H,16,22)(H,17,21)(H,23,24). The van der Waals surface area contributed by atoms with E-state index >= 15 is 0 Å². The Hall–Kier alpha value is -2.97. The van der Waals surface area contributed by atoms with E-state index in [0.29, 0.717) is 13.0 Å². The maximum absolute atomic E-state index is 12.2. The molecule has 1 atom stereocenters. The third kappa shape index (κ3) is 3.86. The van der Waals surface area contributed by atoms with Crippen LogP contribution in [0.1, 0.15) is 33.8 Å². The summed E-state index contributed by atoms with van der Waals surface area (Å²) >= 11 is 0. The quantitative estimate of drug-likeness (QED) is 0.650. The van der Waals surface area contributed by atoms with Crippen molar-refractivity contribution >= 4 is 23.7 Å². The number of hydrogen-bond donors (Lipinski definition) is 3. The number of amides is 3. The van der Waals surface area contributed by atoms with Crippen LogP contribution in [-0.2, 0) is 9.59 Å². The topological polar surface area (TPSA) is 129 Å². The zero-order chi connectivity index (χ0) is 17.7. The molecule has 2 heterocycles. The number of carboxylic acid groups (broad SMARTS) is 1. The van der Waals surface area contributed by atoms with Crippen molar-refractivity contribution in [1.29, 1.82) is 0 Å². The molecule has 128 valence electrons. The minimum Gasteiger partial charge on any atom is -0.477 e. The Morgan fingerprint density at radius 3 is 2.67 bits per heavy atom. The number of carbonyl (C=O) groups excluding carboxylic acids is 3. The monoisotopic (exact) mass is 334 g/mol. The zero-order valence-electron chi connectivity index (χ0n) is 13.1. The largest absolute Gasteiger partial charge is 0.477 e. The third-order valence-electron chi connectivity index (χ3n) is 3.72. The van der Waals surface area contributed by atoms with E-state index in [-0.39, 0.29) is 29.7 Å². The second-order valence-electron chi connectivity index (χ2n) is 5.26. The summed E-state index contributed by atoms with van der Waals surface area (Å²) in [4.78, 5) is 51.9. The van der Waals surface area contributed by atoms with Gasteiger partial charge in [-0.25, -0.2) is 9.78 Å². The van der Waals surface area contributed by atoms with Crippen molar-refractivity contribution in [3.05, 3.63) is 29.6 Å². The first kappa shape index (κ1) is 17.4. The number of aromatic nitrogens is 1. The molecule has 1 saturated heterocycles. The van der Waals surface area contributed by atoms with E-state index in [1.807, 2.05) is 0 Å². The van der Waals surface area contributed by atoms with Crippen LogP contribution in [0.15, 0.2) is 18.2 Å². The molecule has 3 amide bonds. The smallest absolute Gasteiger partial charge is 0.354 e.